The molecule has 0 aromatic heterocycles. The zero-order valence-corrected chi connectivity index (χ0v) is 13.8. The highest BCUT2D eigenvalue weighted by atomic mass is 19.1. The molecule has 2 aromatic rings. The van der Waals surface area contributed by atoms with Gasteiger partial charge in [-0.15, -0.1) is 0 Å². The number of hydrogen-bond acceptors (Lipinski definition) is 4. The van der Waals surface area contributed by atoms with Crippen molar-refractivity contribution in [3.05, 3.63) is 65.5 Å². The van der Waals surface area contributed by atoms with Crippen molar-refractivity contribution < 1.29 is 23.5 Å². The highest BCUT2D eigenvalue weighted by Gasteiger charge is 2.37. The zero-order chi connectivity index (χ0) is 17.8. The van der Waals surface area contributed by atoms with E-state index in [0.717, 1.165) is 10.5 Å². The largest absolute Gasteiger partial charge is 0.484 e. The Hall–Kier alpha value is -2.89. The van der Waals surface area contributed by atoms with Crippen LogP contribution in [0.4, 0.5) is 9.18 Å². The van der Waals surface area contributed by atoms with Crippen molar-refractivity contribution in [2.45, 2.75) is 19.4 Å². The summed E-state index contributed by atoms with van der Waals surface area (Å²) in [6.07, 6.45) is -0.140. The molecule has 1 saturated heterocycles. The molecule has 6 heteroatoms. The van der Waals surface area contributed by atoms with E-state index in [0.29, 0.717) is 17.7 Å². The standard InChI is InChI=1S/C19H18FNO4/c1-13-9-16(7-8-17(13)20)24-12-18(22)21-15(11-25-19(21)23)10-14-5-3-2-4-6-14/h2-9,15H,10-12H2,1H3/t15-/m0/s1. The van der Waals surface area contributed by atoms with Gasteiger partial charge in [0.1, 0.15) is 18.2 Å². The molecular weight excluding hydrogens is 325 g/mol. The predicted molar refractivity (Wildman–Crippen MR) is 88.8 cm³/mol. The van der Waals surface area contributed by atoms with E-state index in [9.17, 15) is 14.0 Å². The molecule has 0 saturated carbocycles. The number of hydrogen-bond donors (Lipinski definition) is 0. The minimum atomic E-state index is -0.662. The number of halogens is 1. The van der Waals surface area contributed by atoms with Crippen LogP contribution in [-0.4, -0.2) is 36.2 Å². The number of benzene rings is 2. The number of ether oxygens (including phenoxy) is 2. The van der Waals surface area contributed by atoms with Gasteiger partial charge in [0.05, 0.1) is 6.04 Å². The van der Waals surface area contributed by atoms with Crippen molar-refractivity contribution in [3.8, 4) is 5.75 Å². The number of amides is 2. The first kappa shape index (κ1) is 17.0. The SMILES string of the molecule is Cc1cc(OCC(=O)N2C(=O)OC[C@@H]2Cc2ccccc2)ccc1F. The summed E-state index contributed by atoms with van der Waals surface area (Å²) in [7, 11) is 0. The highest BCUT2D eigenvalue weighted by molar-refractivity contribution is 5.94. The molecule has 2 amide bonds. The van der Waals surface area contributed by atoms with Crippen LogP contribution in [0.15, 0.2) is 48.5 Å². The molecular formula is C19H18FNO4. The first-order valence-corrected chi connectivity index (χ1v) is 7.96. The van der Waals surface area contributed by atoms with Gasteiger partial charge < -0.3 is 9.47 Å². The summed E-state index contributed by atoms with van der Waals surface area (Å²) < 4.78 is 23.7. The van der Waals surface area contributed by atoms with Gasteiger partial charge in [-0.1, -0.05) is 30.3 Å². The van der Waals surface area contributed by atoms with Crippen molar-refractivity contribution in [2.75, 3.05) is 13.2 Å². The molecule has 130 valence electrons. The van der Waals surface area contributed by atoms with E-state index >= 15 is 0 Å². The van der Waals surface area contributed by atoms with Crippen LogP contribution < -0.4 is 4.74 Å². The normalized spacial score (nSPS) is 16.6. The third-order valence-corrected chi connectivity index (χ3v) is 4.04. The number of aryl methyl sites for hydroxylation is 1. The minimum absolute atomic E-state index is 0.162. The average Bonchev–Trinajstić information content (AvgIpc) is 2.97. The van der Waals surface area contributed by atoms with E-state index in [-0.39, 0.29) is 25.1 Å². The van der Waals surface area contributed by atoms with Crippen LogP contribution in [0.25, 0.3) is 0 Å². The number of imide groups is 1. The summed E-state index contributed by atoms with van der Waals surface area (Å²) in [5.74, 6) is -0.449. The molecule has 0 aliphatic carbocycles. The van der Waals surface area contributed by atoms with Gasteiger partial charge in [0.25, 0.3) is 5.91 Å². The van der Waals surface area contributed by atoms with E-state index < -0.39 is 12.0 Å². The van der Waals surface area contributed by atoms with Crippen molar-refractivity contribution in [3.63, 3.8) is 0 Å². The van der Waals surface area contributed by atoms with Crippen LogP contribution in [0.2, 0.25) is 0 Å². The van der Waals surface area contributed by atoms with Gasteiger partial charge in [-0.3, -0.25) is 4.79 Å². The van der Waals surface area contributed by atoms with Gasteiger partial charge in [0.15, 0.2) is 6.61 Å². The quantitative estimate of drug-likeness (QED) is 0.837. The molecule has 25 heavy (non-hydrogen) atoms. The van der Waals surface area contributed by atoms with Crippen LogP contribution in [0.3, 0.4) is 0 Å². The number of rotatable bonds is 5. The van der Waals surface area contributed by atoms with Gasteiger partial charge >= 0.3 is 6.09 Å². The predicted octanol–water partition coefficient (Wildman–Crippen LogP) is 3.10. The molecule has 0 radical (unpaired) electrons. The Morgan fingerprint density at radius 3 is 2.76 bits per heavy atom. The third kappa shape index (κ3) is 3.96. The Labute approximate surface area is 145 Å². The molecule has 1 atom stereocenters. The van der Waals surface area contributed by atoms with Crippen molar-refractivity contribution in [1.82, 2.24) is 4.90 Å². The van der Waals surface area contributed by atoms with E-state index in [1.54, 1.807) is 6.92 Å². The maximum atomic E-state index is 13.3. The van der Waals surface area contributed by atoms with Crippen molar-refractivity contribution in [2.24, 2.45) is 0 Å². The summed E-state index contributed by atoms with van der Waals surface area (Å²) in [6, 6.07) is 13.4. The Bertz CT molecular complexity index is 778. The topological polar surface area (TPSA) is 55.8 Å². The maximum Gasteiger partial charge on any atom is 0.417 e. The number of nitrogens with zero attached hydrogens (tertiary/aromatic N) is 1. The molecule has 1 aliphatic rings. The lowest BCUT2D eigenvalue weighted by Crippen LogP contribution is -2.42. The summed E-state index contributed by atoms with van der Waals surface area (Å²) in [5.41, 5.74) is 1.44. The van der Waals surface area contributed by atoms with Gasteiger partial charge in [-0.25, -0.2) is 14.1 Å². The minimum Gasteiger partial charge on any atom is -0.484 e. The monoisotopic (exact) mass is 343 g/mol. The number of carbonyl (C=O) groups is 2. The lowest BCUT2D eigenvalue weighted by atomic mass is 10.1. The molecule has 5 nitrogen and oxygen atoms in total. The van der Waals surface area contributed by atoms with Crippen LogP contribution in [0.5, 0.6) is 5.75 Å². The van der Waals surface area contributed by atoms with Crippen molar-refractivity contribution in [1.29, 1.82) is 0 Å². The van der Waals surface area contributed by atoms with E-state index in [2.05, 4.69) is 0 Å². The molecule has 0 N–H and O–H groups in total. The Balaban J connectivity index is 1.64. The molecule has 3 rings (SSSR count). The summed E-state index contributed by atoms with van der Waals surface area (Å²) >= 11 is 0. The van der Waals surface area contributed by atoms with Crippen LogP contribution in [0.1, 0.15) is 11.1 Å². The van der Waals surface area contributed by atoms with E-state index in [1.807, 2.05) is 30.3 Å². The fourth-order valence-corrected chi connectivity index (χ4v) is 2.72. The lowest BCUT2D eigenvalue weighted by Gasteiger charge is -2.19. The number of carbonyl (C=O) groups excluding carboxylic acids is 2. The molecule has 1 fully saturated rings. The third-order valence-electron chi connectivity index (χ3n) is 4.04. The first-order chi connectivity index (χ1) is 12.0. The van der Waals surface area contributed by atoms with Gasteiger partial charge in [-0.2, -0.15) is 0 Å². The second-order valence-corrected chi connectivity index (χ2v) is 5.88. The summed E-state index contributed by atoms with van der Waals surface area (Å²) in [6.45, 7) is 1.46. The lowest BCUT2D eigenvalue weighted by molar-refractivity contribution is -0.131. The van der Waals surface area contributed by atoms with E-state index in [4.69, 9.17) is 9.47 Å². The van der Waals surface area contributed by atoms with Gasteiger partial charge in [0.2, 0.25) is 0 Å². The zero-order valence-electron chi connectivity index (χ0n) is 13.8. The molecule has 1 heterocycles. The molecule has 0 unspecified atom stereocenters. The fourth-order valence-electron chi connectivity index (χ4n) is 2.72. The Morgan fingerprint density at radius 2 is 2.04 bits per heavy atom. The summed E-state index contributed by atoms with van der Waals surface area (Å²) in [4.78, 5) is 25.4. The van der Waals surface area contributed by atoms with E-state index in [1.165, 1.54) is 18.2 Å². The Kier molecular flexibility index (Phi) is 4.97. The van der Waals surface area contributed by atoms with Crippen LogP contribution in [-0.2, 0) is 16.0 Å². The second-order valence-electron chi connectivity index (χ2n) is 5.88. The number of cyclic esters (lactones) is 1. The van der Waals surface area contributed by atoms with Crippen LogP contribution >= 0.6 is 0 Å². The second kappa shape index (κ2) is 7.34. The maximum absolute atomic E-state index is 13.3. The molecule has 1 aliphatic heterocycles. The molecule has 0 bridgehead atoms. The smallest absolute Gasteiger partial charge is 0.417 e. The molecule has 0 spiro atoms. The average molecular weight is 343 g/mol. The summed E-state index contributed by atoms with van der Waals surface area (Å²) in [5, 5.41) is 0. The fraction of sp³-hybridized carbons (Fsp3) is 0.263. The van der Waals surface area contributed by atoms with Crippen molar-refractivity contribution >= 4 is 12.0 Å². The van der Waals surface area contributed by atoms with Gasteiger partial charge in [-0.05, 0) is 42.7 Å². The van der Waals surface area contributed by atoms with Crippen LogP contribution in [0, 0.1) is 12.7 Å². The molecule has 2 aromatic carbocycles. The Morgan fingerprint density at radius 1 is 1.28 bits per heavy atom. The first-order valence-electron chi connectivity index (χ1n) is 7.96. The highest BCUT2D eigenvalue weighted by Crippen LogP contribution is 2.19. The van der Waals surface area contributed by atoms with Gasteiger partial charge in [0, 0.05) is 0 Å².